The van der Waals surface area contributed by atoms with Gasteiger partial charge in [0.05, 0.1) is 17.4 Å². The largest absolute Gasteiger partial charge is 0.405 e. The molecule has 102 valence electrons. The lowest BCUT2D eigenvalue weighted by Gasteiger charge is -2.15. The Labute approximate surface area is 112 Å². The van der Waals surface area contributed by atoms with Crippen LogP contribution in [-0.2, 0) is 20.2 Å². The highest BCUT2D eigenvalue weighted by Gasteiger charge is 2.50. The molecule has 2 N–H and O–H groups in total. The van der Waals surface area contributed by atoms with Crippen LogP contribution in [0.1, 0.15) is 18.4 Å². The van der Waals surface area contributed by atoms with E-state index in [0.717, 1.165) is 6.26 Å². The minimum Gasteiger partial charge on any atom is -0.405 e. The van der Waals surface area contributed by atoms with Gasteiger partial charge in [-0.3, -0.25) is 9.52 Å². The third-order valence-electron chi connectivity index (χ3n) is 3.23. The molecule has 0 bridgehead atoms. The lowest BCUT2D eigenvalue weighted by molar-refractivity contribution is -0.121. The van der Waals surface area contributed by atoms with Crippen LogP contribution in [0, 0.1) is 5.82 Å². The highest BCUT2D eigenvalue weighted by Crippen LogP contribution is 2.48. The van der Waals surface area contributed by atoms with E-state index in [4.69, 9.17) is 0 Å². The zero-order valence-electron chi connectivity index (χ0n) is 10.7. The standard InChI is InChI=1S/C11H14BFN2O3S/c1-19(17,18)15-9-3-2-7(6-8(9)13)11(4-5-11)10(16)14-12/h2-3,6,15H,4-5,12H2,1H3,(H,14,16). The SMILES string of the molecule is BNC(=O)C1(c2ccc(NS(C)(=O)=O)c(F)c2)CC1. The van der Waals surface area contributed by atoms with Gasteiger partial charge in [-0.2, -0.15) is 0 Å². The van der Waals surface area contributed by atoms with Gasteiger partial charge in [0.15, 0.2) is 0 Å². The minimum absolute atomic E-state index is 0.112. The number of benzene rings is 1. The molecule has 1 aliphatic rings. The van der Waals surface area contributed by atoms with Gasteiger partial charge in [-0.1, -0.05) is 6.07 Å². The summed E-state index contributed by atoms with van der Waals surface area (Å²) < 4.78 is 38.1. The van der Waals surface area contributed by atoms with Crippen LogP contribution in [-0.4, -0.2) is 28.6 Å². The number of sulfonamides is 1. The lowest BCUT2D eigenvalue weighted by atomic mass is 9.94. The van der Waals surface area contributed by atoms with E-state index in [1.807, 2.05) is 0 Å². The van der Waals surface area contributed by atoms with Crippen molar-refractivity contribution >= 4 is 29.6 Å². The predicted octanol–water partition coefficient (Wildman–Crippen LogP) is -0.107. The van der Waals surface area contributed by atoms with E-state index in [0.29, 0.717) is 18.4 Å². The molecule has 0 atom stereocenters. The van der Waals surface area contributed by atoms with Crippen molar-refractivity contribution in [3.05, 3.63) is 29.6 Å². The van der Waals surface area contributed by atoms with Gasteiger partial charge in [-0.05, 0) is 30.5 Å². The molecular formula is C11H14BFN2O3S. The number of hydrogen-bond acceptors (Lipinski definition) is 3. The van der Waals surface area contributed by atoms with Crippen molar-refractivity contribution < 1.29 is 17.6 Å². The van der Waals surface area contributed by atoms with E-state index in [1.165, 1.54) is 12.1 Å². The van der Waals surface area contributed by atoms with E-state index in [2.05, 4.69) is 9.95 Å². The zero-order chi connectivity index (χ0) is 14.3. The fourth-order valence-corrected chi connectivity index (χ4v) is 2.67. The first-order chi connectivity index (χ1) is 8.78. The zero-order valence-corrected chi connectivity index (χ0v) is 11.5. The van der Waals surface area contributed by atoms with Gasteiger partial charge in [0, 0.05) is 0 Å². The van der Waals surface area contributed by atoms with E-state index in [-0.39, 0.29) is 11.6 Å². The fraction of sp³-hybridized carbons (Fsp3) is 0.364. The normalized spacial score (nSPS) is 16.7. The molecule has 8 heteroatoms. The third-order valence-corrected chi connectivity index (χ3v) is 3.82. The van der Waals surface area contributed by atoms with Crippen molar-refractivity contribution in [3.63, 3.8) is 0 Å². The van der Waals surface area contributed by atoms with Gasteiger partial charge < -0.3 is 5.23 Å². The Morgan fingerprint density at radius 1 is 1.42 bits per heavy atom. The first-order valence-electron chi connectivity index (χ1n) is 5.78. The second-order valence-electron chi connectivity index (χ2n) is 4.73. The van der Waals surface area contributed by atoms with Crippen LogP contribution in [0.15, 0.2) is 18.2 Å². The molecule has 1 saturated carbocycles. The molecule has 0 saturated heterocycles. The maximum absolute atomic E-state index is 13.8. The van der Waals surface area contributed by atoms with Crippen LogP contribution in [0.3, 0.4) is 0 Å². The summed E-state index contributed by atoms with van der Waals surface area (Å²) in [7, 11) is -1.98. The Kier molecular flexibility index (Phi) is 3.30. The number of nitrogens with one attached hydrogen (secondary N) is 2. The molecule has 2 rings (SSSR count). The molecule has 1 aliphatic carbocycles. The number of anilines is 1. The number of amides is 1. The summed E-state index contributed by atoms with van der Waals surface area (Å²) in [4.78, 5) is 11.8. The van der Waals surface area contributed by atoms with Crippen LogP contribution >= 0.6 is 0 Å². The van der Waals surface area contributed by atoms with Gasteiger partial charge in [-0.25, -0.2) is 12.8 Å². The number of halogens is 1. The molecule has 0 aliphatic heterocycles. The fourth-order valence-electron chi connectivity index (χ4n) is 2.11. The molecular weight excluding hydrogens is 270 g/mol. The Morgan fingerprint density at radius 3 is 2.47 bits per heavy atom. The number of hydrogen-bond donors (Lipinski definition) is 2. The summed E-state index contributed by atoms with van der Waals surface area (Å²) in [5, 5.41) is 2.57. The smallest absolute Gasteiger partial charge is 0.229 e. The first-order valence-corrected chi connectivity index (χ1v) is 7.68. The van der Waals surface area contributed by atoms with Gasteiger partial charge >= 0.3 is 0 Å². The summed E-state index contributed by atoms with van der Waals surface area (Å²) in [6, 6.07) is 4.14. The minimum atomic E-state index is -3.52. The van der Waals surface area contributed by atoms with E-state index in [9.17, 15) is 17.6 Å². The molecule has 19 heavy (non-hydrogen) atoms. The average Bonchev–Trinajstić information content (AvgIpc) is 3.10. The summed E-state index contributed by atoms with van der Waals surface area (Å²) in [5.41, 5.74) is -0.193. The molecule has 5 nitrogen and oxygen atoms in total. The quantitative estimate of drug-likeness (QED) is 0.758. The van der Waals surface area contributed by atoms with E-state index < -0.39 is 21.3 Å². The molecule has 1 aromatic rings. The third kappa shape index (κ3) is 2.73. The van der Waals surface area contributed by atoms with Crippen LogP contribution in [0.25, 0.3) is 0 Å². The maximum Gasteiger partial charge on any atom is 0.229 e. The second-order valence-corrected chi connectivity index (χ2v) is 6.48. The molecule has 1 fully saturated rings. The summed E-state index contributed by atoms with van der Waals surface area (Å²) in [5.74, 6) is -0.825. The van der Waals surface area contributed by atoms with Gasteiger partial charge in [0.2, 0.25) is 23.9 Å². The molecule has 0 aromatic heterocycles. The van der Waals surface area contributed by atoms with Crippen molar-refractivity contribution in [2.45, 2.75) is 18.3 Å². The van der Waals surface area contributed by atoms with Crippen LogP contribution in [0.2, 0.25) is 0 Å². The molecule has 0 radical (unpaired) electrons. The van der Waals surface area contributed by atoms with Crippen molar-refractivity contribution in [2.75, 3.05) is 11.0 Å². The lowest BCUT2D eigenvalue weighted by Crippen LogP contribution is -2.32. The van der Waals surface area contributed by atoms with Gasteiger partial charge in [0.1, 0.15) is 5.82 Å². The Hall–Kier alpha value is -1.57. The summed E-state index contributed by atoms with van der Waals surface area (Å²) >= 11 is 0. The molecule has 0 unspecified atom stereocenters. The van der Waals surface area contributed by atoms with Crippen molar-refractivity contribution in [1.29, 1.82) is 0 Å². The first kappa shape index (κ1) is 13.9. The highest BCUT2D eigenvalue weighted by molar-refractivity contribution is 7.92. The predicted molar refractivity (Wildman–Crippen MR) is 72.5 cm³/mol. The number of carbonyl (C=O) groups excluding carboxylic acids is 1. The average molecular weight is 284 g/mol. The van der Waals surface area contributed by atoms with Gasteiger partial charge in [0.25, 0.3) is 0 Å². The Balaban J connectivity index is 2.32. The Morgan fingerprint density at radius 2 is 2.05 bits per heavy atom. The van der Waals surface area contributed by atoms with Crippen molar-refractivity contribution in [1.82, 2.24) is 5.23 Å². The monoisotopic (exact) mass is 284 g/mol. The van der Waals surface area contributed by atoms with Gasteiger partial charge in [-0.15, -0.1) is 0 Å². The van der Waals surface area contributed by atoms with Crippen LogP contribution in [0.5, 0.6) is 0 Å². The molecule has 1 aromatic carbocycles. The highest BCUT2D eigenvalue weighted by atomic mass is 32.2. The second kappa shape index (κ2) is 4.52. The number of carbonyl (C=O) groups is 1. The van der Waals surface area contributed by atoms with E-state index in [1.54, 1.807) is 14.0 Å². The van der Waals surface area contributed by atoms with Crippen molar-refractivity contribution in [2.24, 2.45) is 0 Å². The number of rotatable bonds is 4. The van der Waals surface area contributed by atoms with E-state index >= 15 is 0 Å². The molecule has 0 heterocycles. The van der Waals surface area contributed by atoms with Crippen LogP contribution in [0.4, 0.5) is 10.1 Å². The maximum atomic E-state index is 13.8. The Bertz CT molecular complexity index is 629. The molecule has 0 spiro atoms. The topological polar surface area (TPSA) is 75.3 Å². The summed E-state index contributed by atoms with van der Waals surface area (Å²) in [6.45, 7) is 0. The molecule has 1 amide bonds. The van der Waals surface area contributed by atoms with Crippen molar-refractivity contribution in [3.8, 4) is 0 Å². The van der Waals surface area contributed by atoms with Crippen LogP contribution < -0.4 is 9.95 Å². The summed E-state index contributed by atoms with van der Waals surface area (Å²) in [6.07, 6.45) is 2.29.